The summed E-state index contributed by atoms with van der Waals surface area (Å²) in [5.41, 5.74) is 0.940. The molecule has 1 aromatic heterocycles. The number of rotatable bonds is 10. The number of carbonyl (C=O) groups excluding carboxylic acids is 2. The first-order chi connectivity index (χ1) is 13.5. The molecule has 1 amide bonds. The SMILES string of the molecule is C=CCn1c(SCC(=O)N[C@@H](C(=O)OC)[C@H](C)CC)nnc1-c1ccccc1. The molecule has 0 aliphatic heterocycles. The number of aromatic nitrogens is 3. The molecule has 0 spiro atoms. The number of nitrogens with one attached hydrogen (secondary N) is 1. The van der Waals surface area contributed by atoms with Crippen LogP contribution in [-0.4, -0.2) is 45.5 Å². The molecule has 0 saturated heterocycles. The van der Waals surface area contributed by atoms with Crippen molar-refractivity contribution in [1.82, 2.24) is 20.1 Å². The summed E-state index contributed by atoms with van der Waals surface area (Å²) < 4.78 is 6.71. The number of thioether (sulfide) groups is 1. The Morgan fingerprint density at radius 2 is 2.04 bits per heavy atom. The van der Waals surface area contributed by atoms with Gasteiger partial charge in [-0.15, -0.1) is 16.8 Å². The number of hydrogen-bond donors (Lipinski definition) is 1. The zero-order valence-electron chi connectivity index (χ0n) is 16.4. The fourth-order valence-electron chi connectivity index (χ4n) is 2.63. The second kappa shape index (κ2) is 10.7. The van der Waals surface area contributed by atoms with Gasteiger partial charge in [-0.1, -0.05) is 68.4 Å². The molecular formula is C20H26N4O3S. The topological polar surface area (TPSA) is 86.1 Å². The van der Waals surface area contributed by atoms with Crippen molar-refractivity contribution < 1.29 is 14.3 Å². The summed E-state index contributed by atoms with van der Waals surface area (Å²) in [7, 11) is 1.32. The molecule has 7 nitrogen and oxygen atoms in total. The largest absolute Gasteiger partial charge is 0.467 e. The zero-order valence-corrected chi connectivity index (χ0v) is 17.2. The van der Waals surface area contributed by atoms with E-state index in [1.807, 2.05) is 48.7 Å². The number of amides is 1. The first-order valence-electron chi connectivity index (χ1n) is 9.11. The maximum atomic E-state index is 12.4. The Morgan fingerprint density at radius 3 is 2.64 bits per heavy atom. The van der Waals surface area contributed by atoms with Gasteiger partial charge < -0.3 is 10.1 Å². The molecule has 1 N–H and O–H groups in total. The van der Waals surface area contributed by atoms with Crippen molar-refractivity contribution in [2.45, 2.75) is 38.0 Å². The monoisotopic (exact) mass is 402 g/mol. The predicted molar refractivity (Wildman–Crippen MR) is 110 cm³/mol. The standard InChI is InChI=1S/C20H26N4O3S/c1-5-12-24-18(15-10-8-7-9-11-15)22-23-20(24)28-13-16(25)21-17(14(3)6-2)19(26)27-4/h5,7-11,14,17H,1,6,12-13H2,2-4H3,(H,21,25)/t14-,17-/m1/s1. The lowest BCUT2D eigenvalue weighted by atomic mass is 9.99. The molecule has 2 aromatic rings. The number of ether oxygens (including phenoxy) is 1. The molecule has 0 aliphatic carbocycles. The number of esters is 1. The van der Waals surface area contributed by atoms with Crippen molar-refractivity contribution in [2.24, 2.45) is 5.92 Å². The van der Waals surface area contributed by atoms with Gasteiger partial charge in [-0.25, -0.2) is 4.79 Å². The van der Waals surface area contributed by atoms with Gasteiger partial charge in [-0.2, -0.15) is 0 Å². The van der Waals surface area contributed by atoms with Crippen molar-refractivity contribution >= 4 is 23.6 Å². The van der Waals surface area contributed by atoms with Gasteiger partial charge in [0.05, 0.1) is 12.9 Å². The van der Waals surface area contributed by atoms with Crippen LogP contribution in [-0.2, 0) is 20.9 Å². The van der Waals surface area contributed by atoms with E-state index in [-0.39, 0.29) is 17.6 Å². The normalized spacial score (nSPS) is 12.8. The summed E-state index contributed by atoms with van der Waals surface area (Å²) in [6.45, 7) is 8.18. The van der Waals surface area contributed by atoms with E-state index in [1.54, 1.807) is 6.08 Å². The average molecular weight is 403 g/mol. The molecule has 28 heavy (non-hydrogen) atoms. The van der Waals surface area contributed by atoms with Crippen LogP contribution >= 0.6 is 11.8 Å². The maximum absolute atomic E-state index is 12.4. The lowest BCUT2D eigenvalue weighted by molar-refractivity contribution is -0.146. The molecule has 2 atom stereocenters. The van der Waals surface area contributed by atoms with E-state index < -0.39 is 12.0 Å². The molecular weight excluding hydrogens is 376 g/mol. The lowest BCUT2D eigenvalue weighted by Gasteiger charge is -2.21. The van der Waals surface area contributed by atoms with Gasteiger partial charge in [0.1, 0.15) is 6.04 Å². The van der Waals surface area contributed by atoms with Crippen molar-refractivity contribution in [3.63, 3.8) is 0 Å². The van der Waals surface area contributed by atoms with Gasteiger partial charge >= 0.3 is 5.97 Å². The van der Waals surface area contributed by atoms with Crippen LogP contribution < -0.4 is 5.32 Å². The highest BCUT2D eigenvalue weighted by Crippen LogP contribution is 2.24. The lowest BCUT2D eigenvalue weighted by Crippen LogP contribution is -2.46. The fourth-order valence-corrected chi connectivity index (χ4v) is 3.39. The van der Waals surface area contributed by atoms with E-state index in [4.69, 9.17) is 4.74 Å². The van der Waals surface area contributed by atoms with Crippen molar-refractivity contribution in [2.75, 3.05) is 12.9 Å². The van der Waals surface area contributed by atoms with Gasteiger partial charge in [-0.05, 0) is 5.92 Å². The van der Waals surface area contributed by atoms with Crippen molar-refractivity contribution in [3.05, 3.63) is 43.0 Å². The second-order valence-corrected chi connectivity index (χ2v) is 7.26. The third kappa shape index (κ3) is 5.45. The van der Waals surface area contributed by atoms with Crippen LogP contribution in [0.4, 0.5) is 0 Å². The Kier molecular flexibility index (Phi) is 8.25. The number of benzene rings is 1. The number of carbonyl (C=O) groups is 2. The summed E-state index contributed by atoms with van der Waals surface area (Å²) in [4.78, 5) is 24.3. The quantitative estimate of drug-likeness (QED) is 0.374. The fraction of sp³-hybridized carbons (Fsp3) is 0.400. The summed E-state index contributed by atoms with van der Waals surface area (Å²) in [6, 6.07) is 9.06. The highest BCUT2D eigenvalue weighted by Gasteiger charge is 2.26. The van der Waals surface area contributed by atoms with E-state index in [1.165, 1.54) is 18.9 Å². The Balaban J connectivity index is 2.09. The van der Waals surface area contributed by atoms with E-state index in [0.29, 0.717) is 11.7 Å². The van der Waals surface area contributed by atoms with Crippen LogP contribution in [0.5, 0.6) is 0 Å². The van der Waals surface area contributed by atoms with Gasteiger partial charge in [0.25, 0.3) is 0 Å². The summed E-state index contributed by atoms with van der Waals surface area (Å²) in [5.74, 6) is 0.128. The number of nitrogens with zero attached hydrogens (tertiary/aromatic N) is 3. The molecule has 0 fully saturated rings. The third-order valence-electron chi connectivity index (χ3n) is 4.38. The summed E-state index contributed by atoms with van der Waals surface area (Å²) in [6.07, 6.45) is 2.51. The first kappa shape index (κ1) is 21.7. The number of allylic oxidation sites excluding steroid dienone is 1. The minimum Gasteiger partial charge on any atom is -0.467 e. The summed E-state index contributed by atoms with van der Waals surface area (Å²) >= 11 is 1.27. The van der Waals surface area contributed by atoms with Gasteiger partial charge in [0, 0.05) is 12.1 Å². The van der Waals surface area contributed by atoms with Gasteiger partial charge in [0.15, 0.2) is 11.0 Å². The molecule has 1 heterocycles. The van der Waals surface area contributed by atoms with Crippen LogP contribution in [0.25, 0.3) is 11.4 Å². The van der Waals surface area contributed by atoms with E-state index in [9.17, 15) is 9.59 Å². The van der Waals surface area contributed by atoms with E-state index in [2.05, 4.69) is 22.1 Å². The summed E-state index contributed by atoms with van der Waals surface area (Å²) in [5, 5.41) is 11.9. The smallest absolute Gasteiger partial charge is 0.328 e. The molecule has 0 unspecified atom stereocenters. The molecule has 0 bridgehead atoms. The molecule has 8 heteroatoms. The molecule has 2 rings (SSSR count). The Labute approximate surface area is 169 Å². The van der Waals surface area contributed by atoms with Gasteiger partial charge in [-0.3, -0.25) is 9.36 Å². The van der Waals surface area contributed by atoms with Crippen LogP contribution in [0.15, 0.2) is 48.1 Å². The van der Waals surface area contributed by atoms with Crippen molar-refractivity contribution in [3.8, 4) is 11.4 Å². The third-order valence-corrected chi connectivity index (χ3v) is 5.34. The Bertz CT molecular complexity index is 807. The highest BCUT2D eigenvalue weighted by atomic mass is 32.2. The number of hydrogen-bond acceptors (Lipinski definition) is 6. The zero-order chi connectivity index (χ0) is 20.5. The number of methoxy groups -OCH3 is 1. The Morgan fingerprint density at radius 1 is 1.32 bits per heavy atom. The maximum Gasteiger partial charge on any atom is 0.328 e. The van der Waals surface area contributed by atoms with Crippen LogP contribution in [0.3, 0.4) is 0 Å². The molecule has 0 radical (unpaired) electrons. The van der Waals surface area contributed by atoms with Crippen LogP contribution in [0.2, 0.25) is 0 Å². The van der Waals surface area contributed by atoms with Crippen molar-refractivity contribution in [1.29, 1.82) is 0 Å². The van der Waals surface area contributed by atoms with Gasteiger partial charge in [0.2, 0.25) is 5.91 Å². The molecule has 0 aliphatic rings. The second-order valence-electron chi connectivity index (χ2n) is 6.31. The molecule has 1 aromatic carbocycles. The highest BCUT2D eigenvalue weighted by molar-refractivity contribution is 7.99. The van der Waals surface area contributed by atoms with E-state index >= 15 is 0 Å². The molecule has 150 valence electrons. The average Bonchev–Trinajstić information content (AvgIpc) is 3.12. The Hall–Kier alpha value is -2.61. The first-order valence-corrected chi connectivity index (χ1v) is 10.1. The predicted octanol–water partition coefficient (Wildman–Crippen LogP) is 2.93. The van der Waals surface area contributed by atoms with E-state index in [0.717, 1.165) is 17.8 Å². The molecule has 0 saturated carbocycles. The van der Waals surface area contributed by atoms with Crippen LogP contribution in [0, 0.1) is 5.92 Å². The van der Waals surface area contributed by atoms with Crippen LogP contribution in [0.1, 0.15) is 20.3 Å². The minimum atomic E-state index is -0.658. The minimum absolute atomic E-state index is 0.0181.